The van der Waals surface area contributed by atoms with Gasteiger partial charge in [-0.15, -0.1) is 0 Å². The molecule has 10 heteroatoms. The molecule has 0 spiro atoms. The van der Waals surface area contributed by atoms with Crippen LogP contribution in [0.3, 0.4) is 0 Å². The Morgan fingerprint density at radius 2 is 2.00 bits per heavy atom. The molecule has 32 heavy (non-hydrogen) atoms. The third-order valence-corrected chi connectivity index (χ3v) is 7.84. The summed E-state index contributed by atoms with van der Waals surface area (Å²) in [4.78, 5) is 23.4. The van der Waals surface area contributed by atoms with Crippen molar-refractivity contribution in [1.29, 1.82) is 0 Å². The van der Waals surface area contributed by atoms with E-state index in [1.54, 1.807) is 12.1 Å². The van der Waals surface area contributed by atoms with Crippen LogP contribution >= 0.6 is 10.6 Å². The average Bonchev–Trinajstić information content (AvgIpc) is 3.60. The summed E-state index contributed by atoms with van der Waals surface area (Å²) in [5, 5.41) is 5.45. The van der Waals surface area contributed by atoms with Gasteiger partial charge in [0.2, 0.25) is 0 Å². The molecule has 1 saturated carbocycles. The first-order valence-corrected chi connectivity index (χ1v) is 12.8. The van der Waals surface area contributed by atoms with Crippen LogP contribution in [0.25, 0.3) is 11.4 Å². The summed E-state index contributed by atoms with van der Waals surface area (Å²) in [6.45, 7) is 6.44. The number of hydrogen-bond acceptors (Lipinski definition) is 7. The minimum Gasteiger partial charge on any atom is -0.377 e. The molecule has 0 unspecified atom stereocenters. The van der Waals surface area contributed by atoms with Crippen LogP contribution in [0.5, 0.6) is 0 Å². The van der Waals surface area contributed by atoms with Gasteiger partial charge >= 0.3 is 6.03 Å². The highest BCUT2D eigenvalue weighted by molar-refractivity contribution is 8.24. The second-order valence-corrected chi connectivity index (χ2v) is 10.7. The van der Waals surface area contributed by atoms with Gasteiger partial charge in [0, 0.05) is 35.7 Å². The fourth-order valence-electron chi connectivity index (χ4n) is 3.72. The summed E-state index contributed by atoms with van der Waals surface area (Å²) in [5.74, 6) is 1.42. The number of amides is 2. The molecule has 2 aromatic rings. The molecule has 1 aromatic carbocycles. The van der Waals surface area contributed by atoms with Gasteiger partial charge in [-0.2, -0.15) is 10.6 Å². The topological polar surface area (TPSA) is 120 Å². The Morgan fingerprint density at radius 3 is 2.66 bits per heavy atom. The molecule has 1 aliphatic heterocycles. The first kappa shape index (κ1) is 22.8. The van der Waals surface area contributed by atoms with Crippen LogP contribution < -0.4 is 15.5 Å². The van der Waals surface area contributed by atoms with Crippen LogP contribution in [-0.2, 0) is 10.5 Å². The van der Waals surface area contributed by atoms with Crippen molar-refractivity contribution in [2.24, 2.45) is 0 Å². The largest absolute Gasteiger partial charge is 0.377 e. The number of morpholine rings is 1. The van der Waals surface area contributed by atoms with Gasteiger partial charge in [0.1, 0.15) is 5.82 Å². The summed E-state index contributed by atoms with van der Waals surface area (Å²) in [6, 6.07) is 9.08. The minimum absolute atomic E-state index is 0.0219. The number of carbonyl (C=O) groups is 1. The van der Waals surface area contributed by atoms with E-state index in [4.69, 9.17) is 9.72 Å². The number of benzene rings is 1. The third-order valence-electron chi connectivity index (χ3n) is 5.58. The molecule has 1 aromatic heterocycles. The molecule has 2 amide bonds. The van der Waals surface area contributed by atoms with Crippen LogP contribution in [0.2, 0.25) is 0 Å². The van der Waals surface area contributed by atoms with Crippen molar-refractivity contribution in [3.63, 3.8) is 0 Å². The van der Waals surface area contributed by atoms with Crippen LogP contribution in [0, 0.1) is 0 Å². The SMILES string of the molecule is CCNC(=O)Nc1ccc(-c2nc(CS(O)(O)C3CC3)cc(N3CCOC[C@@H]3C)n2)cc1. The molecular weight excluding hydrogens is 430 g/mol. The van der Waals surface area contributed by atoms with Gasteiger partial charge in [-0.1, -0.05) is 0 Å². The number of nitrogens with zero attached hydrogens (tertiary/aromatic N) is 3. The Kier molecular flexibility index (Phi) is 6.85. The van der Waals surface area contributed by atoms with Crippen molar-refractivity contribution in [2.45, 2.75) is 43.7 Å². The molecular formula is C22H31N5O4S. The highest BCUT2D eigenvalue weighted by Crippen LogP contribution is 2.57. The van der Waals surface area contributed by atoms with Crippen molar-refractivity contribution >= 4 is 28.1 Å². The number of ether oxygens (including phenoxy) is 1. The van der Waals surface area contributed by atoms with Gasteiger partial charge in [-0.05, 0) is 51.0 Å². The normalized spacial score (nSPS) is 19.5. The van der Waals surface area contributed by atoms with E-state index in [2.05, 4.69) is 27.4 Å². The van der Waals surface area contributed by atoms with Crippen molar-refractivity contribution in [1.82, 2.24) is 15.3 Å². The van der Waals surface area contributed by atoms with E-state index in [9.17, 15) is 13.9 Å². The number of aromatic nitrogens is 2. The van der Waals surface area contributed by atoms with Crippen molar-refractivity contribution in [3.8, 4) is 11.4 Å². The number of rotatable bonds is 7. The second kappa shape index (κ2) is 9.62. The summed E-state index contributed by atoms with van der Waals surface area (Å²) < 4.78 is 26.7. The lowest BCUT2D eigenvalue weighted by molar-refractivity contribution is 0.0985. The predicted octanol–water partition coefficient (Wildman–Crippen LogP) is 3.92. The first-order chi connectivity index (χ1) is 15.4. The molecule has 1 aliphatic carbocycles. The molecule has 9 nitrogen and oxygen atoms in total. The zero-order valence-electron chi connectivity index (χ0n) is 18.5. The average molecular weight is 462 g/mol. The Labute approximate surface area is 189 Å². The number of anilines is 2. The zero-order chi connectivity index (χ0) is 22.7. The summed E-state index contributed by atoms with van der Waals surface area (Å²) in [5.41, 5.74) is 2.08. The van der Waals surface area contributed by atoms with Gasteiger partial charge in [0.25, 0.3) is 0 Å². The van der Waals surface area contributed by atoms with E-state index in [1.165, 1.54) is 0 Å². The van der Waals surface area contributed by atoms with Gasteiger partial charge < -0.3 is 20.3 Å². The standard InChI is InChI=1S/C22H31N5O4S/c1-3-23-22(28)25-17-6-4-16(5-7-17)21-24-18(14-32(29,30)19-8-9-19)12-20(26-21)27-10-11-31-13-15(27)2/h4-7,12,15,19,29-30H,3,8-11,13-14H2,1-2H3,(H2,23,25,28)/t15-/m0/s1. The Bertz CT molecular complexity index is 952. The van der Waals surface area contributed by atoms with Crippen molar-refractivity contribution in [2.75, 3.05) is 36.5 Å². The first-order valence-electron chi connectivity index (χ1n) is 11.0. The lowest BCUT2D eigenvalue weighted by atomic mass is 10.2. The fraction of sp³-hybridized carbons (Fsp3) is 0.500. The molecule has 174 valence electrons. The molecule has 2 fully saturated rings. The van der Waals surface area contributed by atoms with E-state index in [1.807, 2.05) is 25.1 Å². The second-order valence-electron chi connectivity index (χ2n) is 8.28. The molecule has 4 rings (SSSR count). The van der Waals surface area contributed by atoms with Crippen molar-refractivity contribution < 1.29 is 18.6 Å². The smallest absolute Gasteiger partial charge is 0.319 e. The fourth-order valence-corrected chi connectivity index (χ4v) is 5.43. The molecule has 2 aliphatic rings. The summed E-state index contributed by atoms with van der Waals surface area (Å²) in [7, 11) is -2.71. The Balaban J connectivity index is 1.63. The molecule has 0 bridgehead atoms. The number of nitrogens with one attached hydrogen (secondary N) is 2. The van der Waals surface area contributed by atoms with Crippen LogP contribution in [-0.4, -0.2) is 62.7 Å². The molecule has 1 saturated heterocycles. The number of carbonyl (C=O) groups excluding carboxylic acids is 1. The summed E-state index contributed by atoms with van der Waals surface area (Å²) in [6.07, 6.45) is 1.71. The minimum atomic E-state index is -2.71. The van der Waals surface area contributed by atoms with E-state index < -0.39 is 10.6 Å². The molecule has 1 atom stereocenters. The van der Waals surface area contributed by atoms with E-state index >= 15 is 0 Å². The monoisotopic (exact) mass is 461 g/mol. The zero-order valence-corrected chi connectivity index (χ0v) is 19.3. The molecule has 0 radical (unpaired) electrons. The lowest BCUT2D eigenvalue weighted by Crippen LogP contribution is -2.44. The van der Waals surface area contributed by atoms with E-state index in [0.717, 1.165) is 24.2 Å². The number of urea groups is 1. The lowest BCUT2D eigenvalue weighted by Gasteiger charge is -2.35. The van der Waals surface area contributed by atoms with Gasteiger partial charge in [-0.3, -0.25) is 9.11 Å². The quantitative estimate of drug-likeness (QED) is 0.493. The highest BCUT2D eigenvalue weighted by atomic mass is 32.3. The van der Waals surface area contributed by atoms with Gasteiger partial charge in [0.05, 0.1) is 30.7 Å². The van der Waals surface area contributed by atoms with Crippen LogP contribution in [0.1, 0.15) is 32.4 Å². The highest BCUT2D eigenvalue weighted by Gasteiger charge is 2.36. The van der Waals surface area contributed by atoms with Gasteiger partial charge in [0.15, 0.2) is 5.82 Å². The molecule has 4 N–H and O–H groups in total. The third kappa shape index (κ3) is 5.50. The number of hydrogen-bond donors (Lipinski definition) is 4. The van der Waals surface area contributed by atoms with E-state index in [0.29, 0.717) is 43.5 Å². The Morgan fingerprint density at radius 1 is 1.25 bits per heavy atom. The van der Waals surface area contributed by atoms with Crippen LogP contribution in [0.15, 0.2) is 30.3 Å². The maximum atomic E-state index is 11.7. The van der Waals surface area contributed by atoms with E-state index in [-0.39, 0.29) is 23.1 Å². The summed E-state index contributed by atoms with van der Waals surface area (Å²) >= 11 is 0. The predicted molar refractivity (Wildman–Crippen MR) is 127 cm³/mol. The maximum absolute atomic E-state index is 11.7. The van der Waals surface area contributed by atoms with Crippen molar-refractivity contribution in [3.05, 3.63) is 36.0 Å². The molecule has 2 heterocycles. The van der Waals surface area contributed by atoms with Crippen LogP contribution in [0.4, 0.5) is 16.3 Å². The maximum Gasteiger partial charge on any atom is 0.319 e. The van der Waals surface area contributed by atoms with Gasteiger partial charge in [-0.25, -0.2) is 14.8 Å². The Hall–Kier alpha value is -2.40.